The van der Waals surface area contributed by atoms with Crippen LogP contribution in [0.5, 0.6) is 5.75 Å². The minimum atomic E-state index is -4.49. The number of carbonyl (C=O) groups excluding carboxylic acids is 1. The Labute approximate surface area is 164 Å². The van der Waals surface area contributed by atoms with Crippen LogP contribution in [-0.2, 0) is 17.4 Å². The van der Waals surface area contributed by atoms with Crippen molar-refractivity contribution in [3.8, 4) is 5.75 Å². The number of rotatable bonds is 2. The minimum Gasteiger partial charge on any atom is -0.480 e. The molecule has 28 heavy (non-hydrogen) atoms. The fraction of sp³-hybridized carbons (Fsp3) is 0.368. The molecule has 9 heteroatoms. The van der Waals surface area contributed by atoms with Gasteiger partial charge < -0.3 is 14.5 Å². The van der Waals surface area contributed by atoms with Gasteiger partial charge in [-0.25, -0.2) is 4.98 Å². The Morgan fingerprint density at radius 2 is 1.89 bits per heavy atom. The number of carbonyl (C=O) groups is 1. The highest BCUT2D eigenvalue weighted by Crippen LogP contribution is 2.34. The summed E-state index contributed by atoms with van der Waals surface area (Å²) >= 11 is 6.02. The minimum absolute atomic E-state index is 0.0517. The van der Waals surface area contributed by atoms with Gasteiger partial charge in [-0.1, -0.05) is 29.8 Å². The van der Waals surface area contributed by atoms with Crippen LogP contribution in [0.4, 0.5) is 19.0 Å². The van der Waals surface area contributed by atoms with Gasteiger partial charge in [-0.3, -0.25) is 4.79 Å². The number of para-hydroxylation sites is 1. The third-order valence-corrected chi connectivity index (χ3v) is 5.24. The summed E-state index contributed by atoms with van der Waals surface area (Å²) in [6.45, 7) is 1.72. The number of fused-ring (bicyclic) bond motifs is 1. The molecule has 0 spiro atoms. The highest BCUT2D eigenvalue weighted by molar-refractivity contribution is 6.33. The lowest BCUT2D eigenvalue weighted by Gasteiger charge is -2.36. The molecule has 1 aromatic heterocycles. The van der Waals surface area contributed by atoms with Gasteiger partial charge in [0.1, 0.15) is 11.6 Å². The average Bonchev–Trinajstić information content (AvgIpc) is 3.11. The molecular weight excluding hydrogens is 395 g/mol. The first kappa shape index (κ1) is 18.9. The van der Waals surface area contributed by atoms with E-state index in [1.165, 1.54) is 0 Å². The predicted molar refractivity (Wildman–Crippen MR) is 97.6 cm³/mol. The Hall–Kier alpha value is -2.48. The number of benzene rings is 1. The topological polar surface area (TPSA) is 45.7 Å². The zero-order valence-corrected chi connectivity index (χ0v) is 15.5. The van der Waals surface area contributed by atoms with E-state index in [0.29, 0.717) is 38.4 Å². The number of nitrogens with zero attached hydrogens (tertiary/aromatic N) is 3. The Morgan fingerprint density at radius 1 is 1.18 bits per heavy atom. The van der Waals surface area contributed by atoms with E-state index in [2.05, 4.69) is 4.98 Å². The lowest BCUT2D eigenvalue weighted by molar-refractivity contribution is -0.138. The van der Waals surface area contributed by atoms with Gasteiger partial charge in [-0.2, -0.15) is 13.2 Å². The third-order valence-electron chi connectivity index (χ3n) is 4.96. The summed E-state index contributed by atoms with van der Waals surface area (Å²) < 4.78 is 44.0. The van der Waals surface area contributed by atoms with Crippen molar-refractivity contribution in [2.45, 2.75) is 18.7 Å². The highest BCUT2D eigenvalue weighted by atomic mass is 35.5. The van der Waals surface area contributed by atoms with Crippen molar-refractivity contribution < 1.29 is 22.7 Å². The second-order valence-electron chi connectivity index (χ2n) is 6.76. The van der Waals surface area contributed by atoms with Gasteiger partial charge in [0.15, 0.2) is 6.10 Å². The molecule has 2 aliphatic heterocycles. The number of piperazine rings is 1. The van der Waals surface area contributed by atoms with E-state index >= 15 is 0 Å². The van der Waals surface area contributed by atoms with Crippen LogP contribution in [0.3, 0.4) is 0 Å². The molecule has 2 aromatic rings. The number of hydrogen-bond donors (Lipinski definition) is 0. The predicted octanol–water partition coefficient (Wildman–Crippen LogP) is 3.41. The van der Waals surface area contributed by atoms with E-state index in [1.807, 2.05) is 24.3 Å². The van der Waals surface area contributed by atoms with Crippen molar-refractivity contribution in [2.24, 2.45) is 0 Å². The molecular formula is C19H17ClF3N3O2. The Balaban J connectivity index is 1.38. The summed E-state index contributed by atoms with van der Waals surface area (Å²) in [5, 5.41) is -0.0517. The molecule has 0 N–H and O–H groups in total. The normalized spacial score (nSPS) is 19.4. The molecule has 2 aliphatic rings. The van der Waals surface area contributed by atoms with Crippen molar-refractivity contribution in [1.29, 1.82) is 0 Å². The van der Waals surface area contributed by atoms with Crippen LogP contribution in [0.1, 0.15) is 11.1 Å². The first-order valence-corrected chi connectivity index (χ1v) is 9.22. The van der Waals surface area contributed by atoms with E-state index in [4.69, 9.17) is 16.3 Å². The zero-order chi connectivity index (χ0) is 19.9. The van der Waals surface area contributed by atoms with Gasteiger partial charge >= 0.3 is 6.18 Å². The molecule has 1 fully saturated rings. The lowest BCUT2D eigenvalue weighted by atomic mass is 10.1. The molecule has 0 bridgehead atoms. The van der Waals surface area contributed by atoms with E-state index in [-0.39, 0.29) is 10.9 Å². The number of ether oxygens (including phenoxy) is 1. The zero-order valence-electron chi connectivity index (χ0n) is 14.7. The summed E-state index contributed by atoms with van der Waals surface area (Å²) in [5.74, 6) is 0.953. The molecule has 4 rings (SSSR count). The number of amides is 1. The summed E-state index contributed by atoms with van der Waals surface area (Å²) in [6, 6.07) is 8.45. The maximum absolute atomic E-state index is 12.8. The first-order chi connectivity index (χ1) is 13.3. The number of aromatic nitrogens is 1. The van der Waals surface area contributed by atoms with Crippen LogP contribution in [0.25, 0.3) is 0 Å². The Kier molecular flexibility index (Phi) is 4.82. The number of pyridine rings is 1. The lowest BCUT2D eigenvalue weighted by Crippen LogP contribution is -2.52. The molecule has 3 heterocycles. The van der Waals surface area contributed by atoms with Gasteiger partial charge in [0, 0.05) is 38.8 Å². The van der Waals surface area contributed by atoms with Crippen LogP contribution >= 0.6 is 11.6 Å². The van der Waals surface area contributed by atoms with Crippen molar-refractivity contribution in [1.82, 2.24) is 9.88 Å². The summed E-state index contributed by atoms with van der Waals surface area (Å²) in [7, 11) is 0. The number of anilines is 1. The van der Waals surface area contributed by atoms with Gasteiger partial charge in [0.05, 0.1) is 10.6 Å². The van der Waals surface area contributed by atoms with Gasteiger partial charge in [0.25, 0.3) is 5.91 Å². The maximum Gasteiger partial charge on any atom is 0.417 e. The third kappa shape index (κ3) is 3.61. The molecule has 0 saturated carbocycles. The number of hydrogen-bond acceptors (Lipinski definition) is 4. The average molecular weight is 412 g/mol. The fourth-order valence-electron chi connectivity index (χ4n) is 3.48. The molecule has 0 unspecified atom stereocenters. The highest BCUT2D eigenvalue weighted by Gasteiger charge is 2.35. The molecule has 0 aliphatic carbocycles. The van der Waals surface area contributed by atoms with Gasteiger partial charge in [-0.05, 0) is 17.7 Å². The molecule has 1 atom stereocenters. The van der Waals surface area contributed by atoms with Crippen LogP contribution in [0, 0.1) is 0 Å². The summed E-state index contributed by atoms with van der Waals surface area (Å²) in [4.78, 5) is 20.1. The van der Waals surface area contributed by atoms with Crippen molar-refractivity contribution in [2.75, 3.05) is 31.1 Å². The van der Waals surface area contributed by atoms with E-state index < -0.39 is 17.8 Å². The SMILES string of the molecule is O=C([C@H]1Cc2ccccc2O1)N1CCN(c2ncc(C(F)(F)F)cc2Cl)CC1. The van der Waals surface area contributed by atoms with Gasteiger partial charge in [0.2, 0.25) is 0 Å². The molecule has 148 valence electrons. The smallest absolute Gasteiger partial charge is 0.417 e. The molecule has 1 amide bonds. The largest absolute Gasteiger partial charge is 0.480 e. The summed E-state index contributed by atoms with van der Waals surface area (Å²) in [5.41, 5.74) is 0.133. The van der Waals surface area contributed by atoms with Crippen LogP contribution < -0.4 is 9.64 Å². The number of halogens is 4. The van der Waals surface area contributed by atoms with Crippen LogP contribution in [-0.4, -0.2) is 48.1 Å². The van der Waals surface area contributed by atoms with Crippen LogP contribution in [0.15, 0.2) is 36.5 Å². The fourth-order valence-corrected chi connectivity index (χ4v) is 3.77. The van der Waals surface area contributed by atoms with Gasteiger partial charge in [-0.15, -0.1) is 0 Å². The molecule has 0 radical (unpaired) electrons. The van der Waals surface area contributed by atoms with Crippen LogP contribution in [0.2, 0.25) is 5.02 Å². The van der Waals surface area contributed by atoms with E-state index in [0.717, 1.165) is 23.6 Å². The number of alkyl halides is 3. The Morgan fingerprint density at radius 3 is 2.54 bits per heavy atom. The second kappa shape index (κ2) is 7.16. The summed E-state index contributed by atoms with van der Waals surface area (Å²) in [6.07, 6.45) is -3.69. The van der Waals surface area contributed by atoms with Crippen molar-refractivity contribution >= 4 is 23.3 Å². The van der Waals surface area contributed by atoms with Crippen molar-refractivity contribution in [3.05, 3.63) is 52.7 Å². The molecule has 1 aromatic carbocycles. The Bertz CT molecular complexity index is 873. The monoisotopic (exact) mass is 411 g/mol. The molecule has 5 nitrogen and oxygen atoms in total. The maximum atomic E-state index is 12.8. The first-order valence-electron chi connectivity index (χ1n) is 8.84. The standard InChI is InChI=1S/C19H17ClF3N3O2/c20-14-10-13(19(21,22)23)11-24-17(14)25-5-7-26(8-6-25)18(27)16-9-12-3-1-2-4-15(12)28-16/h1-4,10-11,16H,5-9H2/t16-/m1/s1. The van der Waals surface area contributed by atoms with Crippen molar-refractivity contribution in [3.63, 3.8) is 0 Å². The van der Waals surface area contributed by atoms with E-state index in [9.17, 15) is 18.0 Å². The molecule has 1 saturated heterocycles. The van der Waals surface area contributed by atoms with E-state index in [1.54, 1.807) is 9.80 Å². The second-order valence-corrected chi connectivity index (χ2v) is 7.17. The quantitative estimate of drug-likeness (QED) is 0.760.